The fourth-order valence-electron chi connectivity index (χ4n) is 3.47. The standard InChI is InChI=1S/C22H27N3O7S/c1-14-12-25(13-15(2)32-14)33(28,29)20-7-5-6-16(10-20)21(26)23-24-22(27)17-8-18(30-3)11-19(9-17)31-4/h5-11,14-15H,12-13H2,1-4H3,(H,23,26)(H,24,27)/t14-,15+. The molecule has 0 saturated carbocycles. The van der Waals surface area contributed by atoms with Gasteiger partial charge in [-0.2, -0.15) is 4.31 Å². The lowest BCUT2D eigenvalue weighted by Crippen LogP contribution is -2.48. The van der Waals surface area contributed by atoms with Gasteiger partial charge >= 0.3 is 0 Å². The van der Waals surface area contributed by atoms with Crippen molar-refractivity contribution in [2.45, 2.75) is 31.0 Å². The maximum Gasteiger partial charge on any atom is 0.269 e. The Labute approximate surface area is 192 Å². The molecule has 10 nitrogen and oxygen atoms in total. The third kappa shape index (κ3) is 5.81. The average Bonchev–Trinajstić information content (AvgIpc) is 2.81. The van der Waals surface area contributed by atoms with Crippen LogP contribution < -0.4 is 20.3 Å². The van der Waals surface area contributed by atoms with E-state index in [-0.39, 0.29) is 41.3 Å². The first-order chi connectivity index (χ1) is 15.6. The first-order valence-corrected chi connectivity index (χ1v) is 11.7. The van der Waals surface area contributed by atoms with E-state index in [1.54, 1.807) is 6.07 Å². The summed E-state index contributed by atoms with van der Waals surface area (Å²) < 4.78 is 43.4. The van der Waals surface area contributed by atoms with E-state index in [2.05, 4.69) is 10.9 Å². The van der Waals surface area contributed by atoms with Crippen LogP contribution in [0.3, 0.4) is 0 Å². The highest BCUT2D eigenvalue weighted by molar-refractivity contribution is 7.89. The molecule has 0 bridgehead atoms. The molecule has 3 rings (SSSR count). The van der Waals surface area contributed by atoms with Crippen LogP contribution in [0.5, 0.6) is 11.5 Å². The summed E-state index contributed by atoms with van der Waals surface area (Å²) in [4.78, 5) is 25.0. The van der Waals surface area contributed by atoms with Crippen molar-refractivity contribution in [3.05, 3.63) is 53.6 Å². The summed E-state index contributed by atoms with van der Waals surface area (Å²) >= 11 is 0. The minimum Gasteiger partial charge on any atom is -0.497 e. The minimum absolute atomic E-state index is 0.0136. The number of benzene rings is 2. The second kappa shape index (κ2) is 10.2. The number of ether oxygens (including phenoxy) is 3. The molecule has 2 atom stereocenters. The second-order valence-corrected chi connectivity index (χ2v) is 9.55. The summed E-state index contributed by atoms with van der Waals surface area (Å²) in [7, 11) is -0.904. The van der Waals surface area contributed by atoms with Gasteiger partial charge in [0.15, 0.2) is 0 Å². The van der Waals surface area contributed by atoms with E-state index in [1.807, 2.05) is 13.8 Å². The van der Waals surface area contributed by atoms with Gasteiger partial charge in [0.05, 0.1) is 31.3 Å². The fourth-order valence-corrected chi connectivity index (χ4v) is 5.11. The number of carbonyl (C=O) groups is 2. The molecule has 2 N–H and O–H groups in total. The van der Waals surface area contributed by atoms with Crippen LogP contribution in [-0.2, 0) is 14.8 Å². The van der Waals surface area contributed by atoms with Gasteiger partial charge in [0.2, 0.25) is 10.0 Å². The number of rotatable bonds is 6. The van der Waals surface area contributed by atoms with Crippen LogP contribution in [0, 0.1) is 0 Å². The Morgan fingerprint density at radius 1 is 0.909 bits per heavy atom. The number of hydrazine groups is 1. The monoisotopic (exact) mass is 477 g/mol. The Kier molecular flexibility index (Phi) is 7.57. The zero-order valence-electron chi connectivity index (χ0n) is 18.8. The van der Waals surface area contributed by atoms with Crippen molar-refractivity contribution >= 4 is 21.8 Å². The summed E-state index contributed by atoms with van der Waals surface area (Å²) in [6.45, 7) is 4.07. The van der Waals surface area contributed by atoms with Crippen LogP contribution in [-0.4, -0.2) is 64.1 Å². The number of hydrogen-bond acceptors (Lipinski definition) is 7. The van der Waals surface area contributed by atoms with Crippen LogP contribution in [0.15, 0.2) is 47.4 Å². The molecule has 0 aliphatic carbocycles. The van der Waals surface area contributed by atoms with Gasteiger partial charge in [-0.15, -0.1) is 0 Å². The number of morpholine rings is 1. The molecule has 0 spiro atoms. The molecule has 2 aromatic carbocycles. The normalized spacial score (nSPS) is 18.9. The zero-order valence-corrected chi connectivity index (χ0v) is 19.6. The van der Waals surface area contributed by atoms with Crippen LogP contribution >= 0.6 is 0 Å². The molecule has 0 radical (unpaired) electrons. The highest BCUT2D eigenvalue weighted by Crippen LogP contribution is 2.23. The maximum atomic E-state index is 13.1. The van der Waals surface area contributed by atoms with E-state index in [1.165, 1.54) is 54.9 Å². The number of nitrogens with zero attached hydrogens (tertiary/aromatic N) is 1. The lowest BCUT2D eigenvalue weighted by molar-refractivity contribution is -0.0440. The van der Waals surface area contributed by atoms with Gasteiger partial charge in [0, 0.05) is 30.3 Å². The van der Waals surface area contributed by atoms with Gasteiger partial charge in [-0.1, -0.05) is 6.07 Å². The Balaban J connectivity index is 1.72. The van der Waals surface area contributed by atoms with Crippen molar-refractivity contribution in [2.75, 3.05) is 27.3 Å². The van der Waals surface area contributed by atoms with Crippen molar-refractivity contribution in [1.82, 2.24) is 15.2 Å². The van der Waals surface area contributed by atoms with Crippen LogP contribution in [0.4, 0.5) is 0 Å². The molecule has 2 amide bonds. The molecule has 0 unspecified atom stereocenters. The Bertz CT molecular complexity index is 1100. The van der Waals surface area contributed by atoms with Crippen molar-refractivity contribution < 1.29 is 32.2 Å². The Hall–Kier alpha value is -3.15. The first kappa shape index (κ1) is 24.5. The zero-order chi connectivity index (χ0) is 24.2. The fraction of sp³-hybridized carbons (Fsp3) is 0.364. The molecule has 2 aromatic rings. The SMILES string of the molecule is COc1cc(OC)cc(C(=O)NNC(=O)c2cccc(S(=O)(=O)N3C[C@@H](C)O[C@@H](C)C3)c2)c1. The lowest BCUT2D eigenvalue weighted by Gasteiger charge is -2.34. The van der Waals surface area contributed by atoms with Gasteiger partial charge in [-0.3, -0.25) is 20.4 Å². The first-order valence-electron chi connectivity index (χ1n) is 10.2. The number of methoxy groups -OCH3 is 2. The van der Waals surface area contributed by atoms with Crippen LogP contribution in [0.25, 0.3) is 0 Å². The van der Waals surface area contributed by atoms with E-state index < -0.39 is 21.8 Å². The third-order valence-electron chi connectivity index (χ3n) is 5.02. The molecule has 0 aromatic heterocycles. The topological polar surface area (TPSA) is 123 Å². The number of nitrogens with one attached hydrogen (secondary N) is 2. The predicted molar refractivity (Wildman–Crippen MR) is 120 cm³/mol. The predicted octanol–water partition coefficient (Wildman–Crippen LogP) is 1.58. The van der Waals surface area contributed by atoms with E-state index in [0.717, 1.165) is 0 Å². The smallest absolute Gasteiger partial charge is 0.269 e. The molecular formula is C22H27N3O7S. The van der Waals surface area contributed by atoms with Crippen LogP contribution in [0.2, 0.25) is 0 Å². The summed E-state index contributed by atoms with van der Waals surface area (Å²) in [6.07, 6.45) is -0.471. The minimum atomic E-state index is -3.82. The van der Waals surface area contributed by atoms with Gasteiger partial charge in [-0.25, -0.2) is 8.42 Å². The number of carbonyl (C=O) groups excluding carboxylic acids is 2. The largest absolute Gasteiger partial charge is 0.497 e. The third-order valence-corrected chi connectivity index (χ3v) is 6.85. The Morgan fingerprint density at radius 3 is 2.00 bits per heavy atom. The molecule has 33 heavy (non-hydrogen) atoms. The van der Waals surface area contributed by atoms with E-state index in [0.29, 0.717) is 11.5 Å². The van der Waals surface area contributed by atoms with Crippen molar-refractivity contribution in [3.63, 3.8) is 0 Å². The van der Waals surface area contributed by atoms with E-state index >= 15 is 0 Å². The van der Waals surface area contributed by atoms with E-state index in [9.17, 15) is 18.0 Å². The highest BCUT2D eigenvalue weighted by Gasteiger charge is 2.32. The Morgan fingerprint density at radius 2 is 1.45 bits per heavy atom. The lowest BCUT2D eigenvalue weighted by atomic mass is 10.2. The van der Waals surface area contributed by atoms with Crippen molar-refractivity contribution in [2.24, 2.45) is 0 Å². The van der Waals surface area contributed by atoms with Gasteiger partial charge in [0.1, 0.15) is 11.5 Å². The molecule has 1 aliphatic rings. The molecule has 11 heteroatoms. The molecule has 1 heterocycles. The number of hydrogen-bond donors (Lipinski definition) is 2. The molecule has 1 aliphatic heterocycles. The van der Waals surface area contributed by atoms with E-state index in [4.69, 9.17) is 14.2 Å². The van der Waals surface area contributed by atoms with Crippen molar-refractivity contribution in [1.29, 1.82) is 0 Å². The highest BCUT2D eigenvalue weighted by atomic mass is 32.2. The molecular weight excluding hydrogens is 450 g/mol. The summed E-state index contributed by atoms with van der Waals surface area (Å²) in [5, 5.41) is 0. The molecule has 1 fully saturated rings. The number of amides is 2. The van der Waals surface area contributed by atoms with Crippen molar-refractivity contribution in [3.8, 4) is 11.5 Å². The maximum absolute atomic E-state index is 13.1. The van der Waals surface area contributed by atoms with Gasteiger partial charge < -0.3 is 14.2 Å². The molecule has 1 saturated heterocycles. The second-order valence-electron chi connectivity index (χ2n) is 7.62. The average molecular weight is 478 g/mol. The van der Waals surface area contributed by atoms with Gasteiger partial charge in [-0.05, 0) is 44.2 Å². The summed E-state index contributed by atoms with van der Waals surface area (Å²) in [5.41, 5.74) is 4.89. The number of sulfonamides is 1. The quantitative estimate of drug-likeness (QED) is 0.606. The van der Waals surface area contributed by atoms with Gasteiger partial charge in [0.25, 0.3) is 11.8 Å². The summed E-state index contributed by atoms with van der Waals surface area (Å²) in [5.74, 6) is -0.439. The molecule has 178 valence electrons. The summed E-state index contributed by atoms with van der Waals surface area (Å²) in [6, 6.07) is 10.2. The van der Waals surface area contributed by atoms with Crippen LogP contribution in [0.1, 0.15) is 34.6 Å².